The van der Waals surface area contributed by atoms with E-state index < -0.39 is 23.7 Å². The van der Waals surface area contributed by atoms with Gasteiger partial charge in [0.05, 0.1) is 10.9 Å². The molecule has 0 radical (unpaired) electrons. The molecule has 1 atom stereocenters. The van der Waals surface area contributed by atoms with E-state index in [1.54, 1.807) is 39.0 Å². The summed E-state index contributed by atoms with van der Waals surface area (Å²) >= 11 is 0. The predicted octanol–water partition coefficient (Wildman–Crippen LogP) is 4.05. The van der Waals surface area contributed by atoms with Gasteiger partial charge in [0.25, 0.3) is 0 Å². The zero-order chi connectivity index (χ0) is 24.5. The third-order valence-corrected chi connectivity index (χ3v) is 4.90. The summed E-state index contributed by atoms with van der Waals surface area (Å²) in [5, 5.41) is 2.75. The van der Waals surface area contributed by atoms with Crippen LogP contribution in [0.3, 0.4) is 0 Å². The van der Waals surface area contributed by atoms with Crippen LogP contribution < -0.4 is 25.0 Å². The zero-order valence-corrected chi connectivity index (χ0v) is 19.3. The molecule has 1 unspecified atom stereocenters. The van der Waals surface area contributed by atoms with Crippen molar-refractivity contribution in [3.05, 3.63) is 52.9 Å². The van der Waals surface area contributed by atoms with Crippen LogP contribution >= 0.6 is 0 Å². The Bertz CT molecular complexity index is 1300. The highest BCUT2D eigenvalue weighted by atomic mass is 16.6. The van der Waals surface area contributed by atoms with Crippen LogP contribution in [-0.2, 0) is 9.53 Å². The number of hydrogen-bond donors (Lipinski definition) is 1. The fourth-order valence-electron chi connectivity index (χ4n) is 3.33. The van der Waals surface area contributed by atoms with Crippen LogP contribution in [0, 0.1) is 0 Å². The lowest BCUT2D eigenvalue weighted by atomic mass is 10.0. The first kappa shape index (κ1) is 23.2. The van der Waals surface area contributed by atoms with Crippen molar-refractivity contribution >= 4 is 23.0 Å². The fraction of sp³-hybridized carbons (Fsp3) is 0.320. The van der Waals surface area contributed by atoms with E-state index in [9.17, 15) is 14.4 Å². The third kappa shape index (κ3) is 5.14. The van der Waals surface area contributed by atoms with Gasteiger partial charge in [-0.3, -0.25) is 4.79 Å². The van der Waals surface area contributed by atoms with Crippen LogP contribution in [-0.4, -0.2) is 36.9 Å². The number of amides is 1. The maximum atomic E-state index is 13.1. The molecule has 2 heterocycles. The quantitative estimate of drug-likeness (QED) is 0.452. The molecule has 1 aliphatic heterocycles. The van der Waals surface area contributed by atoms with Crippen molar-refractivity contribution in [1.82, 2.24) is 5.32 Å². The number of carbonyl (C=O) groups is 2. The highest BCUT2D eigenvalue weighted by Crippen LogP contribution is 2.34. The van der Waals surface area contributed by atoms with Gasteiger partial charge in [-0.2, -0.15) is 0 Å². The van der Waals surface area contributed by atoms with E-state index in [2.05, 4.69) is 5.32 Å². The first-order chi connectivity index (χ1) is 16.1. The van der Waals surface area contributed by atoms with Crippen LogP contribution in [0.4, 0.5) is 4.79 Å². The van der Waals surface area contributed by atoms with Crippen molar-refractivity contribution in [1.29, 1.82) is 0 Å². The summed E-state index contributed by atoms with van der Waals surface area (Å²) in [6.07, 6.45) is 0.627. The van der Waals surface area contributed by atoms with Crippen LogP contribution in [0.25, 0.3) is 22.1 Å². The van der Waals surface area contributed by atoms with Gasteiger partial charge in [-0.05, 0) is 57.5 Å². The van der Waals surface area contributed by atoms with E-state index >= 15 is 0 Å². The normalized spacial score (nSPS) is 13.8. The second-order valence-electron chi connectivity index (χ2n) is 8.78. The van der Waals surface area contributed by atoms with E-state index in [4.69, 9.17) is 23.4 Å². The molecule has 34 heavy (non-hydrogen) atoms. The maximum absolute atomic E-state index is 13.1. The van der Waals surface area contributed by atoms with Crippen LogP contribution in [0.1, 0.15) is 27.7 Å². The lowest BCUT2D eigenvalue weighted by Gasteiger charge is -2.21. The monoisotopic (exact) mass is 467 g/mol. The Morgan fingerprint density at radius 2 is 1.76 bits per heavy atom. The summed E-state index contributed by atoms with van der Waals surface area (Å²) in [7, 11) is 0. The average molecular weight is 467 g/mol. The van der Waals surface area contributed by atoms with Gasteiger partial charge < -0.3 is 28.7 Å². The fourth-order valence-corrected chi connectivity index (χ4v) is 3.33. The van der Waals surface area contributed by atoms with Crippen LogP contribution in [0.5, 0.6) is 17.2 Å². The maximum Gasteiger partial charge on any atom is 0.408 e. The second-order valence-corrected chi connectivity index (χ2v) is 8.78. The number of hydrogen-bond acceptors (Lipinski definition) is 8. The Morgan fingerprint density at radius 1 is 1.03 bits per heavy atom. The van der Waals surface area contributed by atoms with Gasteiger partial charge in [0.15, 0.2) is 16.9 Å². The number of esters is 1. The molecule has 1 aliphatic rings. The molecule has 0 bridgehead atoms. The summed E-state index contributed by atoms with van der Waals surface area (Å²) in [6.45, 7) is 7.56. The lowest BCUT2D eigenvalue weighted by molar-refractivity contribution is -0.136. The summed E-state index contributed by atoms with van der Waals surface area (Å²) in [4.78, 5) is 37.3. The smallest absolute Gasteiger partial charge is 0.408 e. The Morgan fingerprint density at radius 3 is 2.50 bits per heavy atom. The molecule has 1 amide bonds. The van der Waals surface area contributed by atoms with E-state index in [0.717, 1.165) is 0 Å². The summed E-state index contributed by atoms with van der Waals surface area (Å²) in [5.74, 6) is 0.674. The number of carbonyl (C=O) groups excluding carboxylic acids is 2. The number of alkyl carbamates (subject to hydrolysis) is 1. The van der Waals surface area contributed by atoms with Crippen molar-refractivity contribution in [3.8, 4) is 28.4 Å². The van der Waals surface area contributed by atoms with Gasteiger partial charge in [0.1, 0.15) is 42.5 Å². The highest BCUT2D eigenvalue weighted by Gasteiger charge is 2.23. The summed E-state index contributed by atoms with van der Waals surface area (Å²) in [5.41, 5.74) is 0.324. The van der Waals surface area contributed by atoms with Crippen molar-refractivity contribution < 1.29 is 33.0 Å². The first-order valence-corrected chi connectivity index (χ1v) is 10.8. The number of ether oxygens (including phenoxy) is 4. The van der Waals surface area contributed by atoms with Crippen molar-refractivity contribution in [2.75, 3.05) is 13.2 Å². The molecule has 1 N–H and O–H groups in total. The van der Waals surface area contributed by atoms with Crippen LogP contribution in [0.15, 0.2) is 51.9 Å². The highest BCUT2D eigenvalue weighted by molar-refractivity contribution is 5.86. The summed E-state index contributed by atoms with van der Waals surface area (Å²) in [6, 6.07) is 8.77. The lowest BCUT2D eigenvalue weighted by Crippen LogP contribution is -2.43. The van der Waals surface area contributed by atoms with E-state index in [1.165, 1.54) is 31.4 Å². The van der Waals surface area contributed by atoms with Gasteiger partial charge >= 0.3 is 12.1 Å². The largest absolute Gasteiger partial charge is 0.486 e. The minimum absolute atomic E-state index is 0.172. The topological polar surface area (TPSA) is 113 Å². The van der Waals surface area contributed by atoms with E-state index in [1.807, 2.05) is 0 Å². The summed E-state index contributed by atoms with van der Waals surface area (Å²) < 4.78 is 27.3. The minimum Gasteiger partial charge on any atom is -0.486 e. The molecule has 0 fully saturated rings. The molecule has 0 saturated carbocycles. The molecule has 0 aliphatic carbocycles. The van der Waals surface area contributed by atoms with Gasteiger partial charge in [-0.25, -0.2) is 9.59 Å². The number of rotatable bonds is 4. The van der Waals surface area contributed by atoms with Crippen molar-refractivity contribution in [3.63, 3.8) is 0 Å². The van der Waals surface area contributed by atoms with Gasteiger partial charge in [-0.1, -0.05) is 6.07 Å². The number of benzene rings is 2. The average Bonchev–Trinajstić information content (AvgIpc) is 2.77. The zero-order valence-electron chi connectivity index (χ0n) is 19.3. The Labute approximate surface area is 195 Å². The Balaban J connectivity index is 1.51. The predicted molar refractivity (Wildman–Crippen MR) is 123 cm³/mol. The molecular formula is C25H25NO8. The molecule has 0 saturated heterocycles. The van der Waals surface area contributed by atoms with E-state index in [0.29, 0.717) is 41.2 Å². The van der Waals surface area contributed by atoms with Gasteiger partial charge in [-0.15, -0.1) is 0 Å². The first-order valence-electron chi connectivity index (χ1n) is 10.8. The third-order valence-electron chi connectivity index (χ3n) is 4.90. The molecular weight excluding hydrogens is 442 g/mol. The molecule has 9 nitrogen and oxygen atoms in total. The Kier molecular flexibility index (Phi) is 6.19. The number of fused-ring (bicyclic) bond motifs is 2. The number of nitrogens with one attached hydrogen (secondary N) is 1. The molecule has 0 spiro atoms. The van der Waals surface area contributed by atoms with Crippen LogP contribution in [0.2, 0.25) is 0 Å². The van der Waals surface area contributed by atoms with Crippen molar-refractivity contribution in [2.45, 2.75) is 39.3 Å². The van der Waals surface area contributed by atoms with Gasteiger partial charge in [0.2, 0.25) is 0 Å². The second kappa shape index (κ2) is 9.09. The molecule has 4 rings (SSSR count). The molecule has 2 aromatic carbocycles. The standard InChI is InChI=1S/C25H25NO8/c1-14(26-24(29)34-25(2,3)4)23(28)33-16-6-7-17-20(12-16)32-13-18(22(17)27)15-5-8-19-21(11-15)31-10-9-30-19/h5-8,11-14H,9-10H2,1-4H3,(H,26,29). The SMILES string of the molecule is CC(NC(=O)OC(C)(C)C)C(=O)Oc1ccc2c(=O)c(-c3ccc4c(c3)OCCO4)coc2c1. The molecule has 3 aromatic rings. The molecule has 178 valence electrons. The van der Waals surface area contributed by atoms with E-state index in [-0.39, 0.29) is 16.8 Å². The Hall–Kier alpha value is -4.01. The molecule has 1 aromatic heterocycles. The van der Waals surface area contributed by atoms with Crippen molar-refractivity contribution in [2.24, 2.45) is 0 Å². The molecule has 9 heteroatoms. The minimum atomic E-state index is -0.949. The van der Waals surface area contributed by atoms with Gasteiger partial charge in [0, 0.05) is 6.07 Å².